The highest BCUT2D eigenvalue weighted by Gasteiger charge is 1.73. The van der Waals surface area contributed by atoms with Gasteiger partial charge in [-0.15, -0.1) is 0 Å². The minimum atomic E-state index is 0.627. The minimum Gasteiger partial charge on any atom is -0.516 e. The molecule has 0 spiro atoms. The lowest BCUT2D eigenvalue weighted by Gasteiger charge is -1.80. The van der Waals surface area contributed by atoms with Gasteiger partial charge in [-0.3, -0.25) is 0 Å². The second-order valence-corrected chi connectivity index (χ2v) is 1.19. The van der Waals surface area contributed by atoms with Crippen molar-refractivity contribution in [3.8, 4) is 0 Å². The molecule has 0 bridgehead atoms. The molecule has 0 radical (unpaired) electrons. The molecule has 0 saturated carbocycles. The van der Waals surface area contributed by atoms with Crippen LogP contribution in [0, 0.1) is 0 Å². The van der Waals surface area contributed by atoms with Crippen molar-refractivity contribution in [3.05, 3.63) is 24.2 Å². The lowest BCUT2D eigenvalue weighted by Crippen LogP contribution is -1.64. The summed E-state index contributed by atoms with van der Waals surface area (Å²) in [6.07, 6.45) is 3.19. The summed E-state index contributed by atoms with van der Waals surface area (Å²) in [6.45, 7) is 1.67. The van der Waals surface area contributed by atoms with E-state index in [1.807, 2.05) is 0 Å². The fourth-order valence-electron chi connectivity index (χ4n) is 0.161. The van der Waals surface area contributed by atoms with E-state index >= 15 is 0 Å². The van der Waals surface area contributed by atoms with Crippen LogP contribution < -0.4 is 0 Å². The van der Waals surface area contributed by atoms with Crippen LogP contribution in [0.4, 0.5) is 0 Å². The summed E-state index contributed by atoms with van der Waals surface area (Å²) < 4.78 is 0. The van der Waals surface area contributed by atoms with E-state index in [1.165, 1.54) is 6.08 Å². The molecule has 0 rings (SSSR count). The zero-order valence-corrected chi connectivity index (χ0v) is 4.13. The second-order valence-electron chi connectivity index (χ2n) is 1.19. The van der Waals surface area contributed by atoms with Gasteiger partial charge in [-0.1, -0.05) is 0 Å². The van der Waals surface area contributed by atoms with Crippen molar-refractivity contribution in [2.45, 2.75) is 6.92 Å². The zero-order valence-electron chi connectivity index (χ0n) is 4.13. The monoisotopic (exact) mass is 100 g/mol. The summed E-state index contributed by atoms with van der Waals surface area (Å²) >= 11 is 0. The van der Waals surface area contributed by atoms with E-state index in [2.05, 4.69) is 0 Å². The molecular formula is C5H8O2. The third-order valence-corrected chi connectivity index (χ3v) is 0.541. The topological polar surface area (TPSA) is 40.5 Å². The summed E-state index contributed by atoms with van der Waals surface area (Å²) in [7, 11) is 0. The van der Waals surface area contributed by atoms with Gasteiger partial charge in [0.25, 0.3) is 0 Å². The number of hydrogen-bond acceptors (Lipinski definition) is 2. The highest BCUT2D eigenvalue weighted by atomic mass is 16.2. The Kier molecular flexibility index (Phi) is 2.85. The molecular weight excluding hydrogens is 92.1 g/mol. The Morgan fingerprint density at radius 2 is 2.00 bits per heavy atom. The van der Waals surface area contributed by atoms with Crippen molar-refractivity contribution in [2.24, 2.45) is 0 Å². The highest BCUT2D eigenvalue weighted by Crippen LogP contribution is 1.88. The van der Waals surface area contributed by atoms with Gasteiger partial charge in [0.2, 0.25) is 0 Å². The van der Waals surface area contributed by atoms with E-state index in [4.69, 9.17) is 10.2 Å². The average Bonchev–Trinajstić information content (AvgIpc) is 1.68. The molecule has 0 saturated heterocycles. The molecule has 7 heavy (non-hydrogen) atoms. The van der Waals surface area contributed by atoms with Crippen LogP contribution in [-0.2, 0) is 0 Å². The van der Waals surface area contributed by atoms with Crippen LogP contribution >= 0.6 is 0 Å². The first kappa shape index (κ1) is 6.08. The summed E-state index contributed by atoms with van der Waals surface area (Å²) in [6, 6.07) is 0. The van der Waals surface area contributed by atoms with Crippen LogP contribution in [0.25, 0.3) is 0 Å². The van der Waals surface area contributed by atoms with Gasteiger partial charge in [0, 0.05) is 0 Å². The van der Waals surface area contributed by atoms with Crippen molar-refractivity contribution in [1.29, 1.82) is 0 Å². The first-order chi connectivity index (χ1) is 3.31. The summed E-state index contributed by atoms with van der Waals surface area (Å²) in [4.78, 5) is 0. The summed E-state index contributed by atoms with van der Waals surface area (Å²) in [5.74, 6) is 0. The molecule has 0 fully saturated rings. The van der Waals surface area contributed by atoms with Crippen LogP contribution in [0.1, 0.15) is 6.92 Å². The second kappa shape index (κ2) is 3.28. The maximum atomic E-state index is 8.14. The van der Waals surface area contributed by atoms with Gasteiger partial charge in [0.1, 0.15) is 0 Å². The smallest absolute Gasteiger partial charge is 0.0821 e. The van der Waals surface area contributed by atoms with Gasteiger partial charge < -0.3 is 10.2 Å². The molecule has 40 valence electrons. The summed E-state index contributed by atoms with van der Waals surface area (Å²) in [5.41, 5.74) is 0.627. The highest BCUT2D eigenvalue weighted by molar-refractivity contribution is 5.10. The Hall–Kier alpha value is -0.920. The Labute approximate surface area is 42.4 Å². The van der Waals surface area contributed by atoms with Gasteiger partial charge in [-0.25, -0.2) is 0 Å². The summed E-state index contributed by atoms with van der Waals surface area (Å²) in [5, 5.41) is 16.2. The molecule has 0 aromatic carbocycles. The Morgan fingerprint density at radius 1 is 1.43 bits per heavy atom. The molecule has 2 heteroatoms. The quantitative estimate of drug-likeness (QED) is 0.387. The third-order valence-electron chi connectivity index (χ3n) is 0.541. The first-order valence-electron chi connectivity index (χ1n) is 1.93. The molecule has 0 aliphatic rings. The molecule has 0 aliphatic heterocycles. The van der Waals surface area contributed by atoms with Crippen molar-refractivity contribution in [3.63, 3.8) is 0 Å². The van der Waals surface area contributed by atoms with Crippen LogP contribution in [0.3, 0.4) is 0 Å². The number of aliphatic hydroxyl groups excluding tert-OH is 2. The number of rotatable bonds is 1. The lowest BCUT2D eigenvalue weighted by molar-refractivity contribution is 0.462. The Balaban J connectivity index is 3.58. The molecule has 0 aromatic heterocycles. The van der Waals surface area contributed by atoms with Crippen LogP contribution in [0.2, 0.25) is 0 Å². The standard InChI is InChI=1S/C5H8O2/c1-5(4-7)2-3-6/h2-4,6-7H,1H3/b3-2+,5-4-. The van der Waals surface area contributed by atoms with Gasteiger partial charge in [0.15, 0.2) is 0 Å². The van der Waals surface area contributed by atoms with Crippen molar-refractivity contribution >= 4 is 0 Å². The predicted octanol–water partition coefficient (Wildman–Crippen LogP) is 1.52. The van der Waals surface area contributed by atoms with Crippen LogP contribution in [-0.4, -0.2) is 10.2 Å². The Morgan fingerprint density at radius 3 is 2.14 bits per heavy atom. The maximum absolute atomic E-state index is 8.14. The Bertz CT molecular complexity index is 92.3. The maximum Gasteiger partial charge on any atom is 0.0821 e. The first-order valence-corrected chi connectivity index (χ1v) is 1.93. The zero-order chi connectivity index (χ0) is 5.70. The lowest BCUT2D eigenvalue weighted by atomic mass is 10.3. The van der Waals surface area contributed by atoms with E-state index in [-0.39, 0.29) is 0 Å². The molecule has 2 nitrogen and oxygen atoms in total. The molecule has 2 N–H and O–H groups in total. The van der Waals surface area contributed by atoms with Gasteiger partial charge in [-0.05, 0) is 18.6 Å². The fraction of sp³-hybridized carbons (Fsp3) is 0.200. The van der Waals surface area contributed by atoms with E-state index in [1.54, 1.807) is 6.92 Å². The van der Waals surface area contributed by atoms with Gasteiger partial charge in [-0.2, -0.15) is 0 Å². The third kappa shape index (κ3) is 2.89. The largest absolute Gasteiger partial charge is 0.516 e. The number of hydrogen-bond donors (Lipinski definition) is 2. The SMILES string of the molecule is CC(=C/O)/C=C/O. The molecule has 0 aliphatic carbocycles. The van der Waals surface area contributed by atoms with Crippen molar-refractivity contribution in [1.82, 2.24) is 0 Å². The molecule has 0 atom stereocenters. The van der Waals surface area contributed by atoms with E-state index in [9.17, 15) is 0 Å². The van der Waals surface area contributed by atoms with Gasteiger partial charge in [0.05, 0.1) is 12.5 Å². The molecule has 0 unspecified atom stereocenters. The van der Waals surface area contributed by atoms with E-state index < -0.39 is 0 Å². The number of aliphatic hydroxyl groups is 2. The minimum absolute atomic E-state index is 0.627. The molecule has 0 heterocycles. The van der Waals surface area contributed by atoms with Crippen molar-refractivity contribution < 1.29 is 10.2 Å². The fourth-order valence-corrected chi connectivity index (χ4v) is 0.161. The van der Waals surface area contributed by atoms with Gasteiger partial charge >= 0.3 is 0 Å². The van der Waals surface area contributed by atoms with Crippen LogP contribution in [0.5, 0.6) is 0 Å². The normalized spacial score (nSPS) is 13.0. The van der Waals surface area contributed by atoms with E-state index in [0.29, 0.717) is 5.57 Å². The average molecular weight is 100 g/mol. The number of allylic oxidation sites excluding steroid dienone is 2. The molecule has 0 amide bonds. The predicted molar refractivity (Wildman–Crippen MR) is 28.2 cm³/mol. The molecule has 0 aromatic rings. The van der Waals surface area contributed by atoms with E-state index in [0.717, 1.165) is 12.5 Å². The van der Waals surface area contributed by atoms with Crippen molar-refractivity contribution in [2.75, 3.05) is 0 Å². The van der Waals surface area contributed by atoms with Crippen LogP contribution in [0.15, 0.2) is 24.2 Å².